The molecule has 0 aromatic carbocycles. The molecule has 1 aliphatic rings. The summed E-state index contributed by atoms with van der Waals surface area (Å²) in [6, 6.07) is 0. The number of esters is 2. The number of carbonyl (C=O) groups is 5. The fourth-order valence-corrected chi connectivity index (χ4v) is 2.98. The Kier molecular flexibility index (Phi) is 6.89. The zero-order valence-electron chi connectivity index (χ0n) is 14.1. The van der Waals surface area contributed by atoms with Gasteiger partial charge in [0.1, 0.15) is 0 Å². The highest BCUT2D eigenvalue weighted by atomic mass is 16.5. The largest absolute Gasteiger partial charge is 0.481 e. The van der Waals surface area contributed by atoms with Crippen LogP contribution in [0.5, 0.6) is 0 Å². The summed E-state index contributed by atoms with van der Waals surface area (Å²) in [6.45, 7) is 3.66. The molecule has 4 atom stereocenters. The van der Waals surface area contributed by atoms with Crippen molar-refractivity contribution in [2.24, 2.45) is 23.7 Å². The van der Waals surface area contributed by atoms with Crippen molar-refractivity contribution in [2.75, 3.05) is 26.8 Å². The van der Waals surface area contributed by atoms with Gasteiger partial charge in [-0.05, 0) is 13.8 Å². The molecule has 0 aromatic rings. The molecule has 0 aromatic heterocycles. The third-order valence-electron chi connectivity index (χ3n) is 4.32. The van der Waals surface area contributed by atoms with Gasteiger partial charge in [-0.25, -0.2) is 0 Å². The first-order valence-corrected chi connectivity index (χ1v) is 7.68. The van der Waals surface area contributed by atoms with Crippen molar-refractivity contribution >= 4 is 29.8 Å². The van der Waals surface area contributed by atoms with E-state index in [9.17, 15) is 29.1 Å². The molecule has 25 heavy (non-hydrogen) atoms. The third-order valence-corrected chi connectivity index (χ3v) is 4.32. The van der Waals surface area contributed by atoms with Crippen LogP contribution in [0.15, 0.2) is 0 Å². The zero-order chi connectivity index (χ0) is 19.3. The first-order valence-electron chi connectivity index (χ1n) is 7.68. The summed E-state index contributed by atoms with van der Waals surface area (Å²) in [4.78, 5) is 59.8. The van der Waals surface area contributed by atoms with Crippen molar-refractivity contribution in [3.63, 3.8) is 0 Å². The number of likely N-dealkylation sites (N-methyl/N-ethyl adjacent to an activating group) is 1. The Morgan fingerprint density at radius 3 is 1.64 bits per heavy atom. The number of rotatable bonds is 8. The number of methoxy groups -OCH3 is 1. The van der Waals surface area contributed by atoms with E-state index in [1.165, 1.54) is 4.90 Å². The van der Waals surface area contributed by atoms with Gasteiger partial charge in [-0.3, -0.25) is 24.0 Å². The molecule has 1 aliphatic carbocycles. The van der Waals surface area contributed by atoms with Crippen molar-refractivity contribution in [2.45, 2.75) is 13.8 Å². The highest BCUT2D eigenvalue weighted by Gasteiger charge is 2.65. The molecule has 1 fully saturated rings. The number of hydrogen-bond acceptors (Lipinski definition) is 7. The molecule has 0 bridgehead atoms. The van der Waals surface area contributed by atoms with E-state index in [1.807, 2.05) is 0 Å². The Balaban J connectivity index is 2.92. The van der Waals surface area contributed by atoms with Crippen molar-refractivity contribution in [1.82, 2.24) is 4.90 Å². The molecule has 1 rings (SSSR count). The predicted molar refractivity (Wildman–Crippen MR) is 80.1 cm³/mol. The van der Waals surface area contributed by atoms with E-state index < -0.39 is 60.1 Å². The molecule has 10 heteroatoms. The van der Waals surface area contributed by atoms with Gasteiger partial charge in [-0.1, -0.05) is 0 Å². The van der Waals surface area contributed by atoms with Gasteiger partial charge in [0.05, 0.1) is 30.8 Å². The lowest BCUT2D eigenvalue weighted by atomic mass is 9.56. The van der Waals surface area contributed by atoms with Crippen molar-refractivity contribution in [3.8, 4) is 0 Å². The van der Waals surface area contributed by atoms with Gasteiger partial charge in [-0.2, -0.15) is 0 Å². The second-order valence-corrected chi connectivity index (χ2v) is 5.48. The number of nitrogens with zero attached hydrogens (tertiary/aromatic N) is 1. The second kappa shape index (κ2) is 8.45. The summed E-state index contributed by atoms with van der Waals surface area (Å²) in [5, 5.41) is 18.3. The maximum absolute atomic E-state index is 12.2. The highest BCUT2D eigenvalue weighted by molar-refractivity contribution is 5.97. The van der Waals surface area contributed by atoms with E-state index >= 15 is 0 Å². The number of amides is 1. The van der Waals surface area contributed by atoms with Crippen molar-refractivity contribution in [3.05, 3.63) is 0 Å². The summed E-state index contributed by atoms with van der Waals surface area (Å²) in [7, 11) is 1.00. The molecule has 1 amide bonds. The van der Waals surface area contributed by atoms with Crippen LogP contribution in [0.4, 0.5) is 0 Å². The van der Waals surface area contributed by atoms with E-state index in [1.54, 1.807) is 13.8 Å². The standard InChI is InChI=1S/C15H21NO9/c1-4-16(5-2)7(17)6-25-15(23)11-9(13(20)21)8(12(18)19)10(11)14(22)24-3/h8-11H,4-6H2,1-3H3,(H,18,19)(H,20,21). The summed E-state index contributed by atoms with van der Waals surface area (Å²) >= 11 is 0. The van der Waals surface area contributed by atoms with E-state index in [-0.39, 0.29) is 0 Å². The first kappa shape index (κ1) is 20.4. The Morgan fingerprint density at radius 1 is 0.840 bits per heavy atom. The number of carbonyl (C=O) groups excluding carboxylic acids is 3. The molecule has 0 radical (unpaired) electrons. The number of ether oxygens (including phenoxy) is 2. The molecule has 2 N–H and O–H groups in total. The van der Waals surface area contributed by atoms with Crippen molar-refractivity contribution in [1.29, 1.82) is 0 Å². The molecule has 0 spiro atoms. The van der Waals surface area contributed by atoms with Crippen LogP contribution in [0.2, 0.25) is 0 Å². The summed E-state index contributed by atoms with van der Waals surface area (Å²) in [5.41, 5.74) is 0. The number of carboxylic acids is 2. The summed E-state index contributed by atoms with van der Waals surface area (Å²) < 4.78 is 9.30. The van der Waals surface area contributed by atoms with Crippen molar-refractivity contribution < 1.29 is 43.7 Å². The Hall–Kier alpha value is -2.65. The molecule has 0 aliphatic heterocycles. The van der Waals surface area contributed by atoms with Gasteiger partial charge in [0, 0.05) is 13.1 Å². The average molecular weight is 359 g/mol. The van der Waals surface area contributed by atoms with Crippen LogP contribution in [0.25, 0.3) is 0 Å². The van der Waals surface area contributed by atoms with Gasteiger partial charge in [0.2, 0.25) is 0 Å². The number of aliphatic carboxylic acids is 2. The van der Waals surface area contributed by atoms with Crippen LogP contribution in [-0.4, -0.2) is 71.7 Å². The lowest BCUT2D eigenvalue weighted by molar-refractivity contribution is -0.195. The normalized spacial score (nSPS) is 24.6. The Bertz CT molecular complexity index is 569. The molecule has 0 heterocycles. The lowest BCUT2D eigenvalue weighted by Crippen LogP contribution is -2.60. The molecule has 4 unspecified atom stereocenters. The van der Waals surface area contributed by atoms with Gasteiger partial charge in [0.25, 0.3) is 5.91 Å². The zero-order valence-corrected chi connectivity index (χ0v) is 14.1. The van der Waals surface area contributed by atoms with Crippen LogP contribution < -0.4 is 0 Å². The maximum Gasteiger partial charge on any atom is 0.311 e. The van der Waals surface area contributed by atoms with E-state index in [0.29, 0.717) is 13.1 Å². The molecule has 0 saturated heterocycles. The van der Waals surface area contributed by atoms with Crippen LogP contribution in [0.1, 0.15) is 13.8 Å². The SMILES string of the molecule is CCN(CC)C(=O)COC(=O)C1C(C(=O)O)C(C(=O)O)C1C(=O)OC. The van der Waals surface area contributed by atoms with Crippen LogP contribution >= 0.6 is 0 Å². The minimum absolute atomic E-state index is 0.403. The smallest absolute Gasteiger partial charge is 0.311 e. The number of carboxylic acid groups (broad SMARTS) is 2. The molecular weight excluding hydrogens is 338 g/mol. The Morgan fingerprint density at radius 2 is 1.28 bits per heavy atom. The summed E-state index contributed by atoms with van der Waals surface area (Å²) in [6.07, 6.45) is 0. The van der Waals surface area contributed by atoms with Gasteiger partial charge < -0.3 is 24.6 Å². The van der Waals surface area contributed by atoms with Crippen LogP contribution in [-0.2, 0) is 33.4 Å². The number of hydrogen-bond donors (Lipinski definition) is 2. The molecule has 1 saturated carbocycles. The van der Waals surface area contributed by atoms with E-state index in [0.717, 1.165) is 7.11 Å². The molecule has 10 nitrogen and oxygen atoms in total. The van der Waals surface area contributed by atoms with Crippen LogP contribution in [0, 0.1) is 23.7 Å². The van der Waals surface area contributed by atoms with Gasteiger partial charge in [-0.15, -0.1) is 0 Å². The predicted octanol–water partition coefficient (Wildman–Crippen LogP) is -0.781. The van der Waals surface area contributed by atoms with E-state index in [2.05, 4.69) is 4.74 Å². The fraction of sp³-hybridized carbons (Fsp3) is 0.667. The third kappa shape index (κ3) is 4.06. The fourth-order valence-electron chi connectivity index (χ4n) is 2.98. The highest BCUT2D eigenvalue weighted by Crippen LogP contribution is 2.48. The minimum Gasteiger partial charge on any atom is -0.481 e. The topological polar surface area (TPSA) is 148 Å². The van der Waals surface area contributed by atoms with Gasteiger partial charge in [0.15, 0.2) is 6.61 Å². The lowest BCUT2D eigenvalue weighted by Gasteiger charge is -2.43. The first-order chi connectivity index (χ1) is 11.7. The average Bonchev–Trinajstić information content (AvgIpc) is 2.52. The summed E-state index contributed by atoms with van der Waals surface area (Å²) in [5.74, 6) is -11.9. The molecular formula is C15H21NO9. The minimum atomic E-state index is -1.63. The molecule has 140 valence electrons. The van der Waals surface area contributed by atoms with Gasteiger partial charge >= 0.3 is 23.9 Å². The quantitative estimate of drug-likeness (QED) is 0.532. The maximum atomic E-state index is 12.2. The van der Waals surface area contributed by atoms with E-state index in [4.69, 9.17) is 9.84 Å². The van der Waals surface area contributed by atoms with Crippen LogP contribution in [0.3, 0.4) is 0 Å². The monoisotopic (exact) mass is 359 g/mol. The second-order valence-electron chi connectivity index (χ2n) is 5.48. The Labute approximate surface area is 143 Å².